The Hall–Kier alpha value is -2.85. The first kappa shape index (κ1) is 18.5. The number of hydrogen-bond donors (Lipinski definition) is 2. The number of hydrogen-bond acceptors (Lipinski definition) is 3. The maximum atomic E-state index is 13.1. The van der Waals surface area contributed by atoms with Crippen LogP contribution in [0.25, 0.3) is 16.0 Å². The highest BCUT2D eigenvalue weighted by Crippen LogP contribution is 2.24. The fourth-order valence-corrected chi connectivity index (χ4v) is 2.23. The first-order valence-corrected chi connectivity index (χ1v) is 7.58. The number of carbonyl (C=O) groups excluding carboxylic acids is 1. The van der Waals surface area contributed by atoms with Gasteiger partial charge < -0.3 is 15.3 Å². The number of aromatic nitrogens is 1. The number of aliphatic hydroxyl groups excluding tert-OH is 1. The summed E-state index contributed by atoms with van der Waals surface area (Å²) in [5, 5.41) is 12.4. The number of nitrogens with zero attached hydrogens (tertiary/aromatic N) is 2. The summed E-state index contributed by atoms with van der Waals surface area (Å²) in [4.78, 5) is 18.5. The molecule has 3 atom stereocenters. The predicted octanol–water partition coefficient (Wildman–Crippen LogP) is 3.15. The molecule has 5 nitrogen and oxygen atoms in total. The number of carbonyl (C=O) groups is 1. The van der Waals surface area contributed by atoms with Crippen molar-refractivity contribution in [2.75, 3.05) is 6.67 Å². The number of aliphatic hydroxyl groups is 1. The Bertz CT molecular complexity index is 755. The Morgan fingerprint density at radius 2 is 1.92 bits per heavy atom. The molecule has 25 heavy (non-hydrogen) atoms. The van der Waals surface area contributed by atoms with E-state index in [0.29, 0.717) is 11.4 Å². The quantitative estimate of drug-likeness (QED) is 0.791. The van der Waals surface area contributed by atoms with Crippen molar-refractivity contribution in [2.24, 2.45) is 0 Å². The van der Waals surface area contributed by atoms with E-state index < -0.39 is 30.9 Å². The van der Waals surface area contributed by atoms with E-state index in [1.807, 2.05) is 0 Å². The second-order valence-corrected chi connectivity index (χ2v) is 5.47. The third-order valence-corrected chi connectivity index (χ3v) is 3.68. The van der Waals surface area contributed by atoms with Crippen molar-refractivity contribution < 1.29 is 18.7 Å². The molecule has 1 amide bonds. The molecule has 2 N–H and O–H groups in total. The minimum atomic E-state index is -1.78. The topological polar surface area (TPSA) is 66.6 Å². The average molecular weight is 345 g/mol. The standard InChI is InChI=1S/C18H17F2N3O2/c1-11(20)18(25)23-15(9-19)17(24)13-5-3-12(4-6-13)14-7-8-16(21-2)22-10-14/h3-8,10-11,15,17,24H,9H2,1H3,(H,23,25). The molecule has 0 radical (unpaired) electrons. The molecule has 2 rings (SSSR count). The Morgan fingerprint density at radius 1 is 1.28 bits per heavy atom. The Labute approximate surface area is 144 Å². The summed E-state index contributed by atoms with van der Waals surface area (Å²) in [6, 6.07) is 8.73. The lowest BCUT2D eigenvalue weighted by molar-refractivity contribution is -0.127. The molecule has 0 saturated carbocycles. The van der Waals surface area contributed by atoms with E-state index >= 15 is 0 Å². The smallest absolute Gasteiger partial charge is 0.269 e. The van der Waals surface area contributed by atoms with Crippen molar-refractivity contribution in [1.82, 2.24) is 10.3 Å². The van der Waals surface area contributed by atoms with Crippen molar-refractivity contribution in [1.29, 1.82) is 0 Å². The van der Waals surface area contributed by atoms with Crippen LogP contribution in [0, 0.1) is 6.57 Å². The van der Waals surface area contributed by atoms with Crippen LogP contribution in [0.5, 0.6) is 0 Å². The molecular formula is C18H17F2N3O2. The second-order valence-electron chi connectivity index (χ2n) is 5.47. The molecule has 0 fully saturated rings. The van der Waals surface area contributed by atoms with Crippen molar-refractivity contribution >= 4 is 11.7 Å². The van der Waals surface area contributed by atoms with Gasteiger partial charge in [0.2, 0.25) is 0 Å². The molecule has 1 heterocycles. The van der Waals surface area contributed by atoms with Crippen LogP contribution >= 0.6 is 0 Å². The zero-order chi connectivity index (χ0) is 18.4. The van der Waals surface area contributed by atoms with Gasteiger partial charge in [-0.25, -0.2) is 8.78 Å². The zero-order valence-corrected chi connectivity index (χ0v) is 13.5. The molecule has 7 heteroatoms. The van der Waals surface area contributed by atoms with Crippen LogP contribution in [0.3, 0.4) is 0 Å². The van der Waals surface area contributed by atoms with Crippen LogP contribution in [0.2, 0.25) is 0 Å². The molecule has 3 unspecified atom stereocenters. The van der Waals surface area contributed by atoms with Gasteiger partial charge in [0.25, 0.3) is 11.7 Å². The molecule has 130 valence electrons. The van der Waals surface area contributed by atoms with Gasteiger partial charge in [0.05, 0.1) is 6.04 Å². The molecule has 0 bridgehead atoms. The highest BCUT2D eigenvalue weighted by atomic mass is 19.1. The zero-order valence-electron chi connectivity index (χ0n) is 13.5. The van der Waals surface area contributed by atoms with Crippen LogP contribution < -0.4 is 5.32 Å². The summed E-state index contributed by atoms with van der Waals surface area (Å²) in [7, 11) is 0. The second kappa shape index (κ2) is 8.31. The summed E-state index contributed by atoms with van der Waals surface area (Å²) in [6.45, 7) is 6.89. The Balaban J connectivity index is 2.14. The summed E-state index contributed by atoms with van der Waals surface area (Å²) in [6.07, 6.45) is -1.52. The van der Waals surface area contributed by atoms with E-state index in [9.17, 15) is 18.7 Å². The van der Waals surface area contributed by atoms with Crippen LogP contribution in [0.4, 0.5) is 14.6 Å². The number of halogens is 2. The van der Waals surface area contributed by atoms with Gasteiger partial charge in [-0.15, -0.1) is 4.98 Å². The maximum Gasteiger partial charge on any atom is 0.269 e. The van der Waals surface area contributed by atoms with Crippen molar-refractivity contribution in [2.45, 2.75) is 25.2 Å². The lowest BCUT2D eigenvalue weighted by Crippen LogP contribution is -2.43. The molecule has 0 aliphatic carbocycles. The number of nitrogens with one attached hydrogen (secondary N) is 1. The summed E-state index contributed by atoms with van der Waals surface area (Å²) >= 11 is 0. The van der Waals surface area contributed by atoms with E-state index in [1.165, 1.54) is 0 Å². The van der Waals surface area contributed by atoms with Gasteiger partial charge in [0, 0.05) is 5.56 Å². The van der Waals surface area contributed by atoms with E-state index in [0.717, 1.165) is 18.1 Å². The summed E-state index contributed by atoms with van der Waals surface area (Å²) in [5.74, 6) is -0.677. The van der Waals surface area contributed by atoms with Crippen LogP contribution in [-0.2, 0) is 4.79 Å². The fourth-order valence-electron chi connectivity index (χ4n) is 2.23. The Kier molecular flexibility index (Phi) is 6.14. The van der Waals surface area contributed by atoms with E-state index in [-0.39, 0.29) is 0 Å². The van der Waals surface area contributed by atoms with E-state index in [1.54, 1.807) is 42.6 Å². The van der Waals surface area contributed by atoms with Crippen molar-refractivity contribution in [3.05, 3.63) is 59.6 Å². The summed E-state index contributed by atoms with van der Waals surface area (Å²) < 4.78 is 26.0. The van der Waals surface area contributed by atoms with E-state index in [4.69, 9.17) is 6.57 Å². The molecule has 0 aliphatic rings. The van der Waals surface area contributed by atoms with Gasteiger partial charge >= 0.3 is 0 Å². The average Bonchev–Trinajstić information content (AvgIpc) is 2.65. The van der Waals surface area contributed by atoms with Crippen molar-refractivity contribution in [3.8, 4) is 11.1 Å². The maximum absolute atomic E-state index is 13.1. The third-order valence-electron chi connectivity index (χ3n) is 3.68. The highest BCUT2D eigenvalue weighted by Gasteiger charge is 2.25. The number of benzene rings is 1. The molecule has 1 aromatic heterocycles. The van der Waals surface area contributed by atoms with Crippen molar-refractivity contribution in [3.63, 3.8) is 0 Å². The van der Waals surface area contributed by atoms with Crippen LogP contribution in [0.15, 0.2) is 42.6 Å². The van der Waals surface area contributed by atoms with Gasteiger partial charge in [0.15, 0.2) is 6.17 Å². The third kappa shape index (κ3) is 4.58. The Morgan fingerprint density at radius 3 is 2.40 bits per heavy atom. The molecule has 0 aliphatic heterocycles. The van der Waals surface area contributed by atoms with Gasteiger partial charge in [-0.05, 0) is 24.1 Å². The largest absolute Gasteiger partial charge is 0.386 e. The molecule has 2 aromatic rings. The lowest BCUT2D eigenvalue weighted by atomic mass is 9.99. The monoisotopic (exact) mass is 345 g/mol. The normalized spacial score (nSPS) is 14.2. The summed E-state index contributed by atoms with van der Waals surface area (Å²) in [5.41, 5.74) is 1.98. The van der Waals surface area contributed by atoms with E-state index in [2.05, 4.69) is 15.1 Å². The number of pyridine rings is 1. The van der Waals surface area contributed by atoms with Gasteiger partial charge in [-0.3, -0.25) is 4.79 Å². The minimum Gasteiger partial charge on any atom is -0.386 e. The predicted molar refractivity (Wildman–Crippen MR) is 89.4 cm³/mol. The van der Waals surface area contributed by atoms with Gasteiger partial charge in [-0.2, -0.15) is 0 Å². The number of alkyl halides is 2. The van der Waals surface area contributed by atoms with Gasteiger partial charge in [0.1, 0.15) is 19.0 Å². The minimum absolute atomic E-state index is 0.291. The highest BCUT2D eigenvalue weighted by molar-refractivity contribution is 5.80. The first-order chi connectivity index (χ1) is 12.0. The molecule has 0 spiro atoms. The fraction of sp³-hybridized carbons (Fsp3) is 0.278. The lowest BCUT2D eigenvalue weighted by Gasteiger charge is -2.22. The van der Waals surface area contributed by atoms with Crippen LogP contribution in [-0.4, -0.2) is 34.9 Å². The molecule has 0 saturated heterocycles. The van der Waals surface area contributed by atoms with Crippen LogP contribution in [0.1, 0.15) is 18.6 Å². The first-order valence-electron chi connectivity index (χ1n) is 7.58. The molecule has 1 aromatic carbocycles. The SMILES string of the molecule is [C-]#[N+]c1ccc(-c2ccc(C(O)C(CF)NC(=O)C(C)F)cc2)cn1. The number of rotatable bonds is 6. The number of amides is 1. The van der Waals surface area contributed by atoms with Gasteiger partial charge in [-0.1, -0.05) is 36.9 Å². The molecular weight excluding hydrogens is 328 g/mol.